The molecule has 0 aliphatic heterocycles. The van der Waals surface area contributed by atoms with Gasteiger partial charge in [-0.15, -0.1) is 5.10 Å². The minimum Gasteiger partial charge on any atom is -0.469 e. The first-order valence-corrected chi connectivity index (χ1v) is 6.70. The predicted molar refractivity (Wildman–Crippen MR) is 82.9 cm³/mol. The second kappa shape index (κ2) is 5.58. The fourth-order valence-electron chi connectivity index (χ4n) is 2.06. The Morgan fingerprint density at radius 3 is 2.60 bits per heavy atom. The molecule has 0 saturated carbocycles. The van der Waals surface area contributed by atoms with Crippen LogP contribution in [-0.4, -0.2) is 22.2 Å². The van der Waals surface area contributed by atoms with E-state index in [0.29, 0.717) is 17.4 Å². The standard InChI is InChI=1S/C14H18N4OS/c1-8-9(2)16-17-14(12(8)13(15)20)18(4)7-11-5-6-19-10(11)3/h5-6H,7H2,1-4H3,(H2,15,20). The summed E-state index contributed by atoms with van der Waals surface area (Å²) < 4.78 is 5.31. The molecule has 20 heavy (non-hydrogen) atoms. The predicted octanol–water partition coefficient (Wildman–Crippen LogP) is 2.27. The van der Waals surface area contributed by atoms with Gasteiger partial charge in [0.15, 0.2) is 5.82 Å². The summed E-state index contributed by atoms with van der Waals surface area (Å²) in [5.41, 5.74) is 9.54. The number of nitrogens with two attached hydrogens (primary N) is 1. The van der Waals surface area contributed by atoms with Crippen LogP contribution >= 0.6 is 12.2 Å². The van der Waals surface area contributed by atoms with Gasteiger partial charge < -0.3 is 15.1 Å². The number of anilines is 1. The van der Waals surface area contributed by atoms with Crippen molar-refractivity contribution < 1.29 is 4.42 Å². The van der Waals surface area contributed by atoms with Crippen molar-refractivity contribution in [1.29, 1.82) is 0 Å². The van der Waals surface area contributed by atoms with E-state index in [2.05, 4.69) is 10.2 Å². The van der Waals surface area contributed by atoms with E-state index in [0.717, 1.165) is 28.1 Å². The lowest BCUT2D eigenvalue weighted by Gasteiger charge is -2.21. The van der Waals surface area contributed by atoms with Crippen molar-refractivity contribution in [2.75, 3.05) is 11.9 Å². The quantitative estimate of drug-likeness (QED) is 0.871. The highest BCUT2D eigenvalue weighted by Gasteiger charge is 2.17. The third-order valence-corrected chi connectivity index (χ3v) is 3.62. The molecule has 0 unspecified atom stereocenters. The van der Waals surface area contributed by atoms with Crippen molar-refractivity contribution in [3.63, 3.8) is 0 Å². The van der Waals surface area contributed by atoms with Gasteiger partial charge in [-0.1, -0.05) is 12.2 Å². The molecule has 0 fully saturated rings. The van der Waals surface area contributed by atoms with E-state index in [1.165, 1.54) is 0 Å². The molecule has 0 amide bonds. The summed E-state index contributed by atoms with van der Waals surface area (Å²) in [5, 5.41) is 8.41. The summed E-state index contributed by atoms with van der Waals surface area (Å²) in [4.78, 5) is 2.32. The van der Waals surface area contributed by atoms with Gasteiger partial charge in [-0.05, 0) is 32.4 Å². The van der Waals surface area contributed by atoms with Crippen molar-refractivity contribution >= 4 is 23.0 Å². The van der Waals surface area contributed by atoms with Crippen LogP contribution < -0.4 is 10.6 Å². The van der Waals surface area contributed by atoms with Gasteiger partial charge in [0.25, 0.3) is 0 Å². The normalized spacial score (nSPS) is 10.6. The fourth-order valence-corrected chi connectivity index (χ4v) is 2.31. The maximum absolute atomic E-state index is 5.84. The molecular weight excluding hydrogens is 272 g/mol. The summed E-state index contributed by atoms with van der Waals surface area (Å²) in [6.07, 6.45) is 1.68. The topological polar surface area (TPSA) is 68.2 Å². The molecule has 0 atom stereocenters. The summed E-state index contributed by atoms with van der Waals surface area (Å²) in [7, 11) is 1.94. The lowest BCUT2D eigenvalue weighted by molar-refractivity contribution is 0.529. The Bertz CT molecular complexity index is 651. The van der Waals surface area contributed by atoms with Crippen LogP contribution in [0.5, 0.6) is 0 Å². The van der Waals surface area contributed by atoms with Crippen LogP contribution in [0.1, 0.15) is 28.1 Å². The van der Waals surface area contributed by atoms with Crippen molar-refractivity contribution in [3.05, 3.63) is 40.5 Å². The van der Waals surface area contributed by atoms with E-state index in [4.69, 9.17) is 22.4 Å². The molecule has 2 rings (SSSR count). The molecule has 6 heteroatoms. The smallest absolute Gasteiger partial charge is 0.161 e. The fraction of sp³-hybridized carbons (Fsp3) is 0.357. The molecule has 0 saturated heterocycles. The summed E-state index contributed by atoms with van der Waals surface area (Å²) >= 11 is 5.15. The van der Waals surface area contributed by atoms with Gasteiger partial charge in [0.1, 0.15) is 10.7 Å². The highest BCUT2D eigenvalue weighted by molar-refractivity contribution is 7.80. The average molecular weight is 290 g/mol. The van der Waals surface area contributed by atoms with E-state index in [1.807, 2.05) is 38.8 Å². The Morgan fingerprint density at radius 2 is 2.05 bits per heavy atom. The summed E-state index contributed by atoms with van der Waals surface area (Å²) in [6.45, 7) is 6.45. The molecule has 2 N–H and O–H groups in total. The maximum Gasteiger partial charge on any atom is 0.161 e. The third kappa shape index (κ3) is 2.65. The number of hydrogen-bond donors (Lipinski definition) is 1. The molecule has 0 aromatic carbocycles. The van der Waals surface area contributed by atoms with E-state index in [9.17, 15) is 0 Å². The Labute approximate surface area is 123 Å². The molecule has 0 bridgehead atoms. The van der Waals surface area contributed by atoms with Crippen LogP contribution in [0.15, 0.2) is 16.7 Å². The number of aromatic nitrogens is 2. The van der Waals surface area contributed by atoms with Crippen LogP contribution in [0.4, 0.5) is 5.82 Å². The number of hydrogen-bond acceptors (Lipinski definition) is 5. The lowest BCUT2D eigenvalue weighted by Crippen LogP contribution is -2.25. The van der Waals surface area contributed by atoms with E-state index in [-0.39, 0.29) is 0 Å². The molecule has 0 radical (unpaired) electrons. The average Bonchev–Trinajstić information content (AvgIpc) is 2.77. The number of nitrogens with zero attached hydrogens (tertiary/aromatic N) is 3. The third-order valence-electron chi connectivity index (χ3n) is 3.42. The maximum atomic E-state index is 5.84. The van der Waals surface area contributed by atoms with Crippen molar-refractivity contribution in [1.82, 2.24) is 10.2 Å². The highest BCUT2D eigenvalue weighted by atomic mass is 32.1. The number of rotatable bonds is 4. The van der Waals surface area contributed by atoms with Crippen molar-refractivity contribution in [2.24, 2.45) is 5.73 Å². The van der Waals surface area contributed by atoms with Crippen molar-refractivity contribution in [3.8, 4) is 0 Å². The molecule has 2 heterocycles. The number of thiocarbonyl (C=S) groups is 1. The zero-order valence-electron chi connectivity index (χ0n) is 12.1. The van der Waals surface area contributed by atoms with Crippen LogP contribution in [0.2, 0.25) is 0 Å². The minimum atomic E-state index is 0.339. The molecule has 2 aromatic heterocycles. The van der Waals surface area contributed by atoms with Gasteiger partial charge in [0, 0.05) is 19.2 Å². The van der Waals surface area contributed by atoms with Gasteiger partial charge >= 0.3 is 0 Å². The van der Waals surface area contributed by atoms with Gasteiger partial charge in [-0.25, -0.2) is 0 Å². The van der Waals surface area contributed by atoms with E-state index in [1.54, 1.807) is 6.26 Å². The summed E-state index contributed by atoms with van der Waals surface area (Å²) in [6, 6.07) is 1.95. The first-order valence-electron chi connectivity index (χ1n) is 6.29. The second-order valence-electron chi connectivity index (χ2n) is 4.83. The molecule has 0 aliphatic rings. The van der Waals surface area contributed by atoms with Gasteiger partial charge in [-0.2, -0.15) is 5.10 Å². The first kappa shape index (κ1) is 14.5. The van der Waals surface area contributed by atoms with Crippen LogP contribution in [0.3, 0.4) is 0 Å². The zero-order valence-corrected chi connectivity index (χ0v) is 12.9. The van der Waals surface area contributed by atoms with Gasteiger partial charge in [0.05, 0.1) is 17.5 Å². The van der Waals surface area contributed by atoms with Crippen molar-refractivity contribution in [2.45, 2.75) is 27.3 Å². The molecule has 0 spiro atoms. The Morgan fingerprint density at radius 1 is 1.35 bits per heavy atom. The van der Waals surface area contributed by atoms with E-state index < -0.39 is 0 Å². The van der Waals surface area contributed by atoms with Crippen LogP contribution in [0.25, 0.3) is 0 Å². The van der Waals surface area contributed by atoms with Gasteiger partial charge in [0.2, 0.25) is 0 Å². The largest absolute Gasteiger partial charge is 0.469 e. The number of furan rings is 1. The number of aryl methyl sites for hydroxylation is 2. The molecule has 106 valence electrons. The Hall–Kier alpha value is -1.95. The Balaban J connectivity index is 2.39. The Kier molecular flexibility index (Phi) is 4.04. The first-order chi connectivity index (χ1) is 9.41. The second-order valence-corrected chi connectivity index (χ2v) is 5.27. The van der Waals surface area contributed by atoms with E-state index >= 15 is 0 Å². The van der Waals surface area contributed by atoms with Crippen LogP contribution in [-0.2, 0) is 6.54 Å². The molecule has 2 aromatic rings. The minimum absolute atomic E-state index is 0.339. The zero-order chi connectivity index (χ0) is 14.9. The molecule has 5 nitrogen and oxygen atoms in total. The summed E-state index contributed by atoms with van der Waals surface area (Å²) in [5.74, 6) is 1.59. The lowest BCUT2D eigenvalue weighted by atomic mass is 10.1. The van der Waals surface area contributed by atoms with Crippen LogP contribution in [0, 0.1) is 20.8 Å². The molecular formula is C14H18N4OS. The highest BCUT2D eigenvalue weighted by Crippen LogP contribution is 2.23. The molecule has 0 aliphatic carbocycles. The van der Waals surface area contributed by atoms with Gasteiger partial charge in [-0.3, -0.25) is 0 Å². The monoisotopic (exact) mass is 290 g/mol. The SMILES string of the molecule is Cc1nnc(N(C)Cc2ccoc2C)c(C(N)=S)c1C.